The number of hydrogen-bond acceptors (Lipinski definition) is 4. The first-order valence-electron chi connectivity index (χ1n) is 14.1. The Hall–Kier alpha value is -1.68. The minimum atomic E-state index is -0.398. The van der Waals surface area contributed by atoms with E-state index < -0.39 is 5.91 Å². The number of aromatic hydroxyl groups is 2. The second kappa shape index (κ2) is 15.2. The first-order chi connectivity index (χ1) is 19.8. The number of phenolic OH excluding ortho intramolecular Hbond substituents is 2. The molecule has 218 valence electrons. The predicted octanol–water partition coefficient (Wildman–Crippen LogP) is 11.3. The molecule has 0 atom stereocenters. The SMILES string of the molecule is CCCCCCCCCCCCc1c(Br)c(O)c(Br)c2oc3c(Br)c(O)c(Br)cc3c(=NC(=O)c3ccccc3)c12. The Labute approximate surface area is 274 Å². The second-order valence-corrected chi connectivity index (χ2v) is 13.5. The van der Waals surface area contributed by atoms with Crippen LogP contribution in [0.25, 0.3) is 21.9 Å². The van der Waals surface area contributed by atoms with Crippen LogP contribution in [0.3, 0.4) is 0 Å². The number of nitrogens with zero attached hydrogens (tertiary/aromatic N) is 1. The lowest BCUT2D eigenvalue weighted by Crippen LogP contribution is -2.13. The van der Waals surface area contributed by atoms with E-state index in [0.717, 1.165) is 24.8 Å². The quantitative estimate of drug-likeness (QED) is 0.110. The molecule has 3 aromatic carbocycles. The highest BCUT2D eigenvalue weighted by Crippen LogP contribution is 2.45. The minimum absolute atomic E-state index is 0.0143. The molecule has 4 aromatic rings. The van der Waals surface area contributed by atoms with E-state index in [9.17, 15) is 15.0 Å². The summed E-state index contributed by atoms with van der Waals surface area (Å²) in [5.74, 6) is -0.422. The molecule has 1 aromatic heterocycles. The zero-order valence-electron chi connectivity index (χ0n) is 22.9. The van der Waals surface area contributed by atoms with Gasteiger partial charge in [-0.3, -0.25) is 4.79 Å². The highest BCUT2D eigenvalue weighted by atomic mass is 79.9. The van der Waals surface area contributed by atoms with Gasteiger partial charge in [0.2, 0.25) is 0 Å². The summed E-state index contributed by atoms with van der Waals surface area (Å²) in [5.41, 5.74) is 1.94. The van der Waals surface area contributed by atoms with Gasteiger partial charge in [0.05, 0.1) is 14.3 Å². The van der Waals surface area contributed by atoms with E-state index in [1.165, 1.54) is 44.9 Å². The third-order valence-corrected chi connectivity index (χ3v) is 10.2. The Kier molecular flexibility index (Phi) is 11.9. The fourth-order valence-electron chi connectivity index (χ4n) is 5.04. The zero-order chi connectivity index (χ0) is 29.5. The number of fused-ring (bicyclic) bond motifs is 2. The molecule has 0 radical (unpaired) electrons. The van der Waals surface area contributed by atoms with Crippen LogP contribution in [0.1, 0.15) is 87.1 Å². The van der Waals surface area contributed by atoms with Crippen molar-refractivity contribution >= 4 is 91.6 Å². The molecule has 0 aliphatic heterocycles. The van der Waals surface area contributed by atoms with E-state index in [0.29, 0.717) is 57.2 Å². The van der Waals surface area contributed by atoms with E-state index in [4.69, 9.17) is 4.42 Å². The molecule has 0 fully saturated rings. The molecule has 0 saturated heterocycles. The zero-order valence-corrected chi connectivity index (χ0v) is 29.3. The van der Waals surface area contributed by atoms with Crippen LogP contribution in [-0.4, -0.2) is 16.1 Å². The van der Waals surface area contributed by atoms with Gasteiger partial charge in [-0.05, 0) is 100 Å². The third-order valence-electron chi connectivity index (χ3n) is 7.27. The van der Waals surface area contributed by atoms with Crippen molar-refractivity contribution in [2.75, 3.05) is 0 Å². The standard InChI is InChI=1S/C32H33Br4NO4/c1-2-3-4-5-6-7-8-9-10-14-17-20-23-27(37-32(40)19-15-12-11-13-16-19)21-18-22(33)28(38)25(35)30(21)41-31(23)26(36)29(39)24(20)34/h11-13,15-16,18,38-39H,2-10,14,17H2,1H3. The van der Waals surface area contributed by atoms with E-state index >= 15 is 0 Å². The second-order valence-electron chi connectivity index (χ2n) is 10.2. The van der Waals surface area contributed by atoms with Crippen molar-refractivity contribution in [1.82, 2.24) is 0 Å². The number of benzene rings is 3. The molecule has 0 unspecified atom stereocenters. The molecule has 41 heavy (non-hydrogen) atoms. The summed E-state index contributed by atoms with van der Waals surface area (Å²) in [6, 6.07) is 10.6. The predicted molar refractivity (Wildman–Crippen MR) is 180 cm³/mol. The highest BCUT2D eigenvalue weighted by Gasteiger charge is 2.24. The van der Waals surface area contributed by atoms with Gasteiger partial charge < -0.3 is 14.6 Å². The summed E-state index contributed by atoms with van der Waals surface area (Å²) in [7, 11) is 0. The van der Waals surface area contributed by atoms with Gasteiger partial charge in [0.1, 0.15) is 20.4 Å². The van der Waals surface area contributed by atoms with Crippen molar-refractivity contribution in [2.24, 2.45) is 4.99 Å². The molecule has 0 spiro atoms. The van der Waals surface area contributed by atoms with Gasteiger partial charge in [-0.25, -0.2) is 4.99 Å². The molecule has 0 saturated carbocycles. The van der Waals surface area contributed by atoms with Crippen LogP contribution in [0.2, 0.25) is 0 Å². The smallest absolute Gasteiger partial charge is 0.277 e. The Morgan fingerprint density at radius 3 is 2.00 bits per heavy atom. The normalized spacial score (nSPS) is 12.1. The van der Waals surface area contributed by atoms with Gasteiger partial charge in [-0.1, -0.05) is 82.9 Å². The number of halogens is 4. The number of hydrogen-bond donors (Lipinski definition) is 2. The van der Waals surface area contributed by atoms with Crippen molar-refractivity contribution in [3.8, 4) is 11.5 Å². The fraction of sp³-hybridized carbons (Fsp3) is 0.375. The van der Waals surface area contributed by atoms with E-state index in [1.54, 1.807) is 30.3 Å². The molecule has 1 heterocycles. The topological polar surface area (TPSA) is 83.0 Å². The van der Waals surface area contributed by atoms with Crippen LogP contribution < -0.4 is 5.36 Å². The summed E-state index contributed by atoms with van der Waals surface area (Å²) in [5, 5.41) is 23.2. The van der Waals surface area contributed by atoms with Crippen LogP contribution >= 0.6 is 63.7 Å². The monoisotopic (exact) mass is 811 g/mol. The van der Waals surface area contributed by atoms with Crippen LogP contribution in [0.15, 0.2) is 63.7 Å². The van der Waals surface area contributed by atoms with Crippen molar-refractivity contribution in [2.45, 2.75) is 77.6 Å². The first kappa shape index (κ1) is 32.2. The molecule has 5 nitrogen and oxygen atoms in total. The summed E-state index contributed by atoms with van der Waals surface area (Å²) in [4.78, 5) is 18.0. The maximum absolute atomic E-state index is 13.4. The molecule has 4 rings (SSSR count). The number of rotatable bonds is 12. The lowest BCUT2D eigenvalue weighted by Gasteiger charge is -2.16. The highest BCUT2D eigenvalue weighted by molar-refractivity contribution is 9.11. The van der Waals surface area contributed by atoms with Crippen molar-refractivity contribution in [3.63, 3.8) is 0 Å². The van der Waals surface area contributed by atoms with Gasteiger partial charge in [0.15, 0.2) is 11.2 Å². The Balaban J connectivity index is 1.78. The summed E-state index contributed by atoms with van der Waals surface area (Å²) in [6.45, 7) is 2.24. The molecule has 0 aliphatic rings. The first-order valence-corrected chi connectivity index (χ1v) is 17.2. The van der Waals surface area contributed by atoms with Crippen LogP contribution in [0, 0.1) is 0 Å². The maximum Gasteiger partial charge on any atom is 0.277 e. The number of unbranched alkanes of at least 4 members (excludes halogenated alkanes) is 9. The largest absolute Gasteiger partial charge is 0.505 e. The third kappa shape index (κ3) is 7.46. The Bertz CT molecular complexity index is 1620. The van der Waals surface area contributed by atoms with Crippen molar-refractivity contribution < 1.29 is 19.4 Å². The van der Waals surface area contributed by atoms with Gasteiger partial charge in [-0.15, -0.1) is 0 Å². The van der Waals surface area contributed by atoms with Crippen molar-refractivity contribution in [1.29, 1.82) is 0 Å². The number of amides is 1. The molecular formula is C32H33Br4NO4. The molecule has 2 N–H and O–H groups in total. The average Bonchev–Trinajstić information content (AvgIpc) is 2.98. The average molecular weight is 815 g/mol. The van der Waals surface area contributed by atoms with Gasteiger partial charge in [0.25, 0.3) is 5.91 Å². The number of carbonyl (C=O) groups is 1. The lowest BCUT2D eigenvalue weighted by molar-refractivity contribution is 0.0999. The summed E-state index contributed by atoms with van der Waals surface area (Å²) >= 11 is 14.0. The fourth-order valence-corrected chi connectivity index (χ4v) is 7.58. The molecular weight excluding hydrogens is 782 g/mol. The van der Waals surface area contributed by atoms with Crippen LogP contribution in [0.4, 0.5) is 0 Å². The molecule has 1 amide bonds. The summed E-state index contributed by atoms with van der Waals surface area (Å²) < 4.78 is 7.96. The van der Waals surface area contributed by atoms with Crippen LogP contribution in [0.5, 0.6) is 11.5 Å². The number of carbonyl (C=O) groups excluding carboxylic acids is 1. The van der Waals surface area contributed by atoms with Gasteiger partial charge in [0, 0.05) is 16.3 Å². The Morgan fingerprint density at radius 2 is 1.37 bits per heavy atom. The summed E-state index contributed by atoms with van der Waals surface area (Å²) in [6.07, 6.45) is 12.8. The molecule has 0 aliphatic carbocycles. The molecule has 0 bridgehead atoms. The minimum Gasteiger partial charge on any atom is -0.505 e. The van der Waals surface area contributed by atoms with E-state index in [-0.39, 0.29) is 11.5 Å². The number of phenols is 2. The van der Waals surface area contributed by atoms with E-state index in [1.807, 2.05) is 6.07 Å². The lowest BCUT2D eigenvalue weighted by atomic mass is 9.99. The Morgan fingerprint density at radius 1 is 0.780 bits per heavy atom. The number of aryl methyl sites for hydroxylation is 1. The van der Waals surface area contributed by atoms with Gasteiger partial charge in [-0.2, -0.15) is 0 Å². The molecule has 9 heteroatoms. The maximum atomic E-state index is 13.4. The van der Waals surface area contributed by atoms with Crippen molar-refractivity contribution in [3.05, 3.63) is 70.8 Å². The van der Waals surface area contributed by atoms with Gasteiger partial charge >= 0.3 is 0 Å². The van der Waals surface area contributed by atoms with Crippen LogP contribution in [-0.2, 0) is 6.42 Å². The van der Waals surface area contributed by atoms with E-state index in [2.05, 4.69) is 75.6 Å².